The van der Waals surface area contributed by atoms with Gasteiger partial charge in [-0.05, 0) is 56.7 Å². The number of anilines is 1. The Morgan fingerprint density at radius 1 is 1.11 bits per heavy atom. The lowest BCUT2D eigenvalue weighted by Crippen LogP contribution is -2.42. The van der Waals surface area contributed by atoms with Gasteiger partial charge in [0, 0.05) is 17.6 Å². The van der Waals surface area contributed by atoms with Crippen molar-refractivity contribution in [3.05, 3.63) is 59.4 Å². The quantitative estimate of drug-likeness (QED) is 0.557. The van der Waals surface area contributed by atoms with Crippen molar-refractivity contribution in [2.45, 2.75) is 63.6 Å². The van der Waals surface area contributed by atoms with Crippen molar-refractivity contribution in [2.24, 2.45) is 5.92 Å². The Hall–Kier alpha value is -3.39. The highest BCUT2D eigenvalue weighted by Crippen LogP contribution is 2.42. The molecule has 2 heterocycles. The van der Waals surface area contributed by atoms with E-state index in [4.69, 9.17) is 9.72 Å². The first-order chi connectivity index (χ1) is 16.9. The molecular formula is C27H31N3O5. The van der Waals surface area contributed by atoms with Crippen molar-refractivity contribution in [2.75, 3.05) is 12.0 Å². The van der Waals surface area contributed by atoms with Gasteiger partial charge >= 0.3 is 12.1 Å². The Labute approximate surface area is 204 Å². The average molecular weight is 478 g/mol. The van der Waals surface area contributed by atoms with Crippen LogP contribution in [0.2, 0.25) is 0 Å². The number of amides is 1. The minimum atomic E-state index is -0.955. The van der Waals surface area contributed by atoms with Crippen LogP contribution in [0.4, 0.5) is 10.5 Å². The number of hydrogen-bond donors (Lipinski definition) is 2. The second-order valence-electron chi connectivity index (χ2n) is 9.67. The summed E-state index contributed by atoms with van der Waals surface area (Å²) >= 11 is 0. The summed E-state index contributed by atoms with van der Waals surface area (Å²) in [5.41, 5.74) is 4.08. The fourth-order valence-corrected chi connectivity index (χ4v) is 5.78. The van der Waals surface area contributed by atoms with Crippen molar-refractivity contribution >= 4 is 28.8 Å². The maximum atomic E-state index is 12.6. The fraction of sp³-hybridized carbons (Fsp3) is 0.444. The number of hydrogen-bond acceptors (Lipinski definition) is 5. The Balaban J connectivity index is 1.69. The molecule has 184 valence electrons. The number of methoxy groups -OCH3 is 1. The number of carboxylic acid groups (broad SMARTS) is 1. The van der Waals surface area contributed by atoms with Crippen LogP contribution in [0.25, 0.3) is 11.0 Å². The SMILES string of the molecule is COC(=O)N1c2ccc3c(nc(C(O)c4ccccc4)n3[C@@H]3CCC[C@@H](C(=O)O)C3)c2CCC1C. The molecular weight excluding hydrogens is 446 g/mol. The van der Waals surface area contributed by atoms with E-state index in [1.807, 2.05) is 49.4 Å². The smallest absolute Gasteiger partial charge is 0.414 e. The highest BCUT2D eigenvalue weighted by molar-refractivity contribution is 5.95. The second-order valence-corrected chi connectivity index (χ2v) is 9.67. The number of aliphatic hydroxyl groups excluding tert-OH is 1. The first kappa shape index (κ1) is 23.4. The number of imidazole rings is 1. The highest BCUT2D eigenvalue weighted by Gasteiger charge is 2.35. The lowest BCUT2D eigenvalue weighted by molar-refractivity contribution is -0.143. The molecule has 4 atom stereocenters. The maximum Gasteiger partial charge on any atom is 0.414 e. The van der Waals surface area contributed by atoms with Crippen LogP contribution in [0.15, 0.2) is 42.5 Å². The van der Waals surface area contributed by atoms with Crippen molar-refractivity contribution in [1.82, 2.24) is 9.55 Å². The summed E-state index contributed by atoms with van der Waals surface area (Å²) in [6, 6.07) is 13.2. The topological polar surface area (TPSA) is 105 Å². The molecule has 0 radical (unpaired) electrons. The predicted molar refractivity (Wildman–Crippen MR) is 132 cm³/mol. The molecule has 2 N–H and O–H groups in total. The molecule has 1 aliphatic heterocycles. The molecule has 35 heavy (non-hydrogen) atoms. The van der Waals surface area contributed by atoms with E-state index in [2.05, 4.69) is 4.57 Å². The average Bonchev–Trinajstić information content (AvgIpc) is 3.28. The number of carbonyl (C=O) groups excluding carboxylic acids is 1. The number of aryl methyl sites for hydroxylation is 1. The van der Waals surface area contributed by atoms with E-state index in [9.17, 15) is 19.8 Å². The molecule has 0 bridgehead atoms. The van der Waals surface area contributed by atoms with E-state index in [0.29, 0.717) is 18.7 Å². The molecule has 8 heteroatoms. The normalized spacial score (nSPS) is 23.1. The third-order valence-corrected chi connectivity index (χ3v) is 7.57. The molecule has 8 nitrogen and oxygen atoms in total. The molecule has 0 saturated heterocycles. The minimum Gasteiger partial charge on any atom is -0.481 e. The number of aromatic nitrogens is 2. The van der Waals surface area contributed by atoms with Crippen LogP contribution in [0.5, 0.6) is 0 Å². The van der Waals surface area contributed by atoms with Gasteiger partial charge in [-0.3, -0.25) is 9.69 Å². The number of nitrogens with zero attached hydrogens (tertiary/aromatic N) is 3. The first-order valence-corrected chi connectivity index (χ1v) is 12.3. The van der Waals surface area contributed by atoms with Gasteiger partial charge in [-0.15, -0.1) is 0 Å². The summed E-state index contributed by atoms with van der Waals surface area (Å²) < 4.78 is 7.11. The van der Waals surface area contributed by atoms with Crippen molar-refractivity contribution in [3.63, 3.8) is 0 Å². The molecule has 1 aromatic heterocycles. The van der Waals surface area contributed by atoms with Gasteiger partial charge in [-0.2, -0.15) is 0 Å². The van der Waals surface area contributed by atoms with Crippen LogP contribution >= 0.6 is 0 Å². The third kappa shape index (κ3) is 4.05. The first-order valence-electron chi connectivity index (χ1n) is 12.3. The van der Waals surface area contributed by atoms with E-state index in [0.717, 1.165) is 53.5 Å². The van der Waals surface area contributed by atoms with E-state index < -0.39 is 24.1 Å². The fourth-order valence-electron chi connectivity index (χ4n) is 5.78. The largest absolute Gasteiger partial charge is 0.481 e. The number of rotatable bonds is 4. The Bertz CT molecular complexity index is 1250. The maximum absolute atomic E-state index is 12.6. The van der Waals surface area contributed by atoms with Gasteiger partial charge in [-0.1, -0.05) is 36.8 Å². The van der Waals surface area contributed by atoms with Gasteiger partial charge in [0.15, 0.2) is 0 Å². The van der Waals surface area contributed by atoms with Crippen LogP contribution in [0.3, 0.4) is 0 Å². The Kier molecular flexibility index (Phi) is 6.23. The molecule has 1 aliphatic carbocycles. The van der Waals surface area contributed by atoms with Crippen LogP contribution < -0.4 is 4.90 Å². The van der Waals surface area contributed by atoms with Crippen LogP contribution in [0.1, 0.15) is 68.1 Å². The van der Waals surface area contributed by atoms with Crippen molar-refractivity contribution in [1.29, 1.82) is 0 Å². The number of fused-ring (bicyclic) bond motifs is 3. The van der Waals surface area contributed by atoms with E-state index >= 15 is 0 Å². The molecule has 5 rings (SSSR count). The Morgan fingerprint density at radius 3 is 2.60 bits per heavy atom. The number of carboxylic acids is 1. The number of benzene rings is 2. The summed E-state index contributed by atoms with van der Waals surface area (Å²) in [5.74, 6) is -0.676. The summed E-state index contributed by atoms with van der Waals surface area (Å²) in [7, 11) is 1.38. The standard InChI is InChI=1S/C27H31N3O5/c1-16-11-12-20-21(29(16)27(34)35-2)13-14-22-23(20)28-25(24(31)17-7-4-3-5-8-17)30(22)19-10-6-9-18(15-19)26(32)33/h3-5,7-8,13-14,16,18-19,24,31H,6,9-12,15H2,1-2H3,(H,32,33)/t16?,18-,19-,24?/m1/s1. The minimum absolute atomic E-state index is 0.00136. The Morgan fingerprint density at radius 2 is 1.89 bits per heavy atom. The van der Waals surface area contributed by atoms with Crippen LogP contribution in [-0.4, -0.2) is 45.0 Å². The van der Waals surface area contributed by atoms with E-state index in [1.54, 1.807) is 4.90 Å². The van der Waals surface area contributed by atoms with Gasteiger partial charge in [0.25, 0.3) is 0 Å². The van der Waals surface area contributed by atoms with Crippen LogP contribution in [0, 0.1) is 5.92 Å². The summed E-state index contributed by atoms with van der Waals surface area (Å²) in [6.45, 7) is 2.00. The molecule has 0 spiro atoms. The molecule has 2 aliphatic rings. The van der Waals surface area contributed by atoms with E-state index in [-0.39, 0.29) is 12.1 Å². The predicted octanol–water partition coefficient (Wildman–Crippen LogP) is 4.84. The number of aliphatic carboxylic acids is 1. The monoisotopic (exact) mass is 477 g/mol. The molecule has 1 fully saturated rings. The molecule has 1 amide bonds. The van der Waals surface area contributed by atoms with Gasteiger partial charge in [0.05, 0.1) is 29.7 Å². The zero-order valence-electron chi connectivity index (χ0n) is 20.1. The van der Waals surface area contributed by atoms with Gasteiger partial charge in [0.1, 0.15) is 11.9 Å². The zero-order chi connectivity index (χ0) is 24.7. The summed E-state index contributed by atoms with van der Waals surface area (Å²) in [6.07, 6.45) is 2.96. The van der Waals surface area contributed by atoms with Gasteiger partial charge < -0.3 is 19.5 Å². The highest BCUT2D eigenvalue weighted by atomic mass is 16.5. The van der Waals surface area contributed by atoms with Gasteiger partial charge in [-0.25, -0.2) is 9.78 Å². The lowest BCUT2D eigenvalue weighted by atomic mass is 9.85. The number of aliphatic hydroxyl groups is 1. The molecule has 1 saturated carbocycles. The number of ether oxygens (including phenoxy) is 1. The van der Waals surface area contributed by atoms with Crippen molar-refractivity contribution in [3.8, 4) is 0 Å². The zero-order valence-corrected chi connectivity index (χ0v) is 20.1. The van der Waals surface area contributed by atoms with Gasteiger partial charge in [0.2, 0.25) is 0 Å². The summed E-state index contributed by atoms with van der Waals surface area (Å²) in [4.78, 5) is 31.0. The molecule has 2 aromatic carbocycles. The molecule has 2 unspecified atom stereocenters. The second kappa shape index (κ2) is 9.34. The number of carbonyl (C=O) groups is 2. The van der Waals surface area contributed by atoms with Crippen molar-refractivity contribution < 1.29 is 24.5 Å². The third-order valence-electron chi connectivity index (χ3n) is 7.57. The molecule has 3 aromatic rings. The summed E-state index contributed by atoms with van der Waals surface area (Å²) in [5, 5.41) is 21.1. The van der Waals surface area contributed by atoms with Crippen LogP contribution in [-0.2, 0) is 16.0 Å². The lowest BCUT2D eigenvalue weighted by Gasteiger charge is -2.34. The van der Waals surface area contributed by atoms with E-state index in [1.165, 1.54) is 7.11 Å².